The van der Waals surface area contributed by atoms with Crippen LogP contribution in [0.2, 0.25) is 0 Å². The highest BCUT2D eigenvalue weighted by Gasteiger charge is 2.24. The summed E-state index contributed by atoms with van der Waals surface area (Å²) in [4.78, 5) is 31.1. The second-order valence-electron chi connectivity index (χ2n) is 7.79. The quantitative estimate of drug-likeness (QED) is 0.561. The van der Waals surface area contributed by atoms with E-state index in [4.69, 9.17) is 4.42 Å². The molecule has 1 saturated heterocycles. The van der Waals surface area contributed by atoms with Crippen molar-refractivity contribution in [3.05, 3.63) is 54.1 Å². The number of aromatic nitrogens is 1. The molecule has 0 aliphatic carbocycles. The van der Waals surface area contributed by atoms with Gasteiger partial charge >= 0.3 is 6.03 Å². The van der Waals surface area contributed by atoms with E-state index in [1.165, 1.54) is 11.8 Å². The number of para-hydroxylation sites is 2. The zero-order chi connectivity index (χ0) is 21.6. The molecule has 2 aromatic carbocycles. The maximum atomic E-state index is 12.7. The standard InChI is InChI=1S/C23H26N4O3S/c1-16-8-10-18(11-9-16)25-22(29)24-13-17-5-4-12-27(14-17)21(28)15-31-23-26-19-6-2-3-7-20(19)30-23/h2-3,6-11,17H,4-5,12-15H2,1H3,(H2,24,25,29). The summed E-state index contributed by atoms with van der Waals surface area (Å²) in [6.45, 7) is 3.95. The lowest BCUT2D eigenvalue weighted by atomic mass is 9.98. The number of oxazole rings is 1. The van der Waals surface area contributed by atoms with Gasteiger partial charge in [0.1, 0.15) is 5.52 Å². The van der Waals surface area contributed by atoms with E-state index < -0.39 is 0 Å². The molecule has 3 aromatic rings. The number of urea groups is 1. The molecule has 1 aliphatic heterocycles. The highest BCUT2D eigenvalue weighted by molar-refractivity contribution is 7.99. The van der Waals surface area contributed by atoms with Gasteiger partial charge in [-0.3, -0.25) is 4.79 Å². The molecule has 1 fully saturated rings. The number of carbonyl (C=O) groups is 2. The van der Waals surface area contributed by atoms with Crippen molar-refractivity contribution in [3.8, 4) is 0 Å². The van der Waals surface area contributed by atoms with Gasteiger partial charge in [0.25, 0.3) is 5.22 Å². The molecule has 0 radical (unpaired) electrons. The number of piperidine rings is 1. The van der Waals surface area contributed by atoms with Gasteiger partial charge in [-0.2, -0.15) is 0 Å². The maximum absolute atomic E-state index is 12.7. The molecule has 31 heavy (non-hydrogen) atoms. The van der Waals surface area contributed by atoms with E-state index in [1.807, 2.05) is 60.4 Å². The third-order valence-electron chi connectivity index (χ3n) is 5.33. The van der Waals surface area contributed by atoms with Crippen LogP contribution in [0.3, 0.4) is 0 Å². The summed E-state index contributed by atoms with van der Waals surface area (Å²) < 4.78 is 5.67. The summed E-state index contributed by atoms with van der Waals surface area (Å²) in [7, 11) is 0. The number of hydrogen-bond donors (Lipinski definition) is 2. The fourth-order valence-corrected chi connectivity index (χ4v) is 4.38. The number of nitrogens with zero attached hydrogens (tertiary/aromatic N) is 2. The first-order valence-electron chi connectivity index (χ1n) is 10.4. The molecule has 2 heterocycles. The Kier molecular flexibility index (Phi) is 6.76. The molecule has 3 amide bonds. The van der Waals surface area contributed by atoms with Gasteiger partial charge in [-0.25, -0.2) is 9.78 Å². The van der Waals surface area contributed by atoms with E-state index in [9.17, 15) is 9.59 Å². The van der Waals surface area contributed by atoms with Crippen molar-refractivity contribution in [2.24, 2.45) is 5.92 Å². The number of aryl methyl sites for hydroxylation is 1. The number of carbonyl (C=O) groups excluding carboxylic acids is 2. The number of likely N-dealkylation sites (tertiary alicyclic amines) is 1. The monoisotopic (exact) mass is 438 g/mol. The van der Waals surface area contributed by atoms with Gasteiger partial charge in [-0.15, -0.1) is 0 Å². The van der Waals surface area contributed by atoms with Crippen LogP contribution in [-0.2, 0) is 4.79 Å². The molecule has 2 N–H and O–H groups in total. The smallest absolute Gasteiger partial charge is 0.319 e. The molecule has 0 bridgehead atoms. The lowest BCUT2D eigenvalue weighted by molar-refractivity contribution is -0.130. The van der Waals surface area contributed by atoms with Gasteiger partial charge in [-0.1, -0.05) is 41.6 Å². The number of fused-ring (bicyclic) bond motifs is 1. The Hall–Kier alpha value is -3.00. The first-order valence-corrected chi connectivity index (χ1v) is 11.4. The summed E-state index contributed by atoms with van der Waals surface area (Å²) >= 11 is 1.32. The molecule has 1 aromatic heterocycles. The predicted molar refractivity (Wildman–Crippen MR) is 122 cm³/mol. The van der Waals surface area contributed by atoms with Crippen LogP contribution in [0.5, 0.6) is 0 Å². The van der Waals surface area contributed by atoms with E-state index >= 15 is 0 Å². The van der Waals surface area contributed by atoms with Crippen molar-refractivity contribution >= 4 is 40.5 Å². The molecule has 0 spiro atoms. The van der Waals surface area contributed by atoms with Crippen molar-refractivity contribution in [1.82, 2.24) is 15.2 Å². The minimum atomic E-state index is -0.223. The molecular formula is C23H26N4O3S. The van der Waals surface area contributed by atoms with E-state index in [0.717, 1.165) is 41.7 Å². The van der Waals surface area contributed by atoms with Gasteiger partial charge in [0.15, 0.2) is 5.58 Å². The van der Waals surface area contributed by atoms with Crippen molar-refractivity contribution in [2.45, 2.75) is 25.0 Å². The van der Waals surface area contributed by atoms with Gasteiger partial charge in [0, 0.05) is 25.3 Å². The SMILES string of the molecule is Cc1ccc(NC(=O)NCC2CCCN(C(=O)CSc3nc4ccccc4o3)C2)cc1. The number of thioether (sulfide) groups is 1. The van der Waals surface area contributed by atoms with Gasteiger partial charge in [0.05, 0.1) is 5.75 Å². The summed E-state index contributed by atoms with van der Waals surface area (Å²) in [5.74, 6) is 0.609. The zero-order valence-corrected chi connectivity index (χ0v) is 18.3. The van der Waals surface area contributed by atoms with Gasteiger partial charge in [0.2, 0.25) is 5.91 Å². The molecule has 4 rings (SSSR count). The van der Waals surface area contributed by atoms with Crippen molar-refractivity contribution in [1.29, 1.82) is 0 Å². The normalized spacial score (nSPS) is 16.3. The minimum Gasteiger partial charge on any atom is -0.431 e. The Bertz CT molecular complexity index is 1020. The second-order valence-corrected chi connectivity index (χ2v) is 8.71. The van der Waals surface area contributed by atoms with Crippen molar-refractivity contribution in [2.75, 3.05) is 30.7 Å². The molecule has 0 saturated carbocycles. The van der Waals surface area contributed by atoms with Crippen LogP contribution in [0.25, 0.3) is 11.1 Å². The molecule has 1 atom stereocenters. The molecule has 8 heteroatoms. The Morgan fingerprint density at radius 2 is 2.00 bits per heavy atom. The van der Waals surface area contributed by atoms with Crippen LogP contribution in [0, 0.1) is 12.8 Å². The third kappa shape index (κ3) is 5.79. The number of amides is 3. The molecule has 162 valence electrons. The lowest BCUT2D eigenvalue weighted by Crippen LogP contribution is -2.44. The summed E-state index contributed by atoms with van der Waals surface area (Å²) in [5, 5.41) is 6.28. The molecular weight excluding hydrogens is 412 g/mol. The minimum absolute atomic E-state index is 0.0704. The van der Waals surface area contributed by atoms with E-state index in [0.29, 0.717) is 24.1 Å². The number of anilines is 1. The third-order valence-corrected chi connectivity index (χ3v) is 6.14. The Morgan fingerprint density at radius 1 is 1.19 bits per heavy atom. The Labute approximate surface area is 185 Å². The summed E-state index contributed by atoms with van der Waals surface area (Å²) in [6.07, 6.45) is 1.93. The highest BCUT2D eigenvalue weighted by Crippen LogP contribution is 2.24. The van der Waals surface area contributed by atoms with Gasteiger partial charge in [-0.05, 0) is 49.9 Å². The van der Waals surface area contributed by atoms with Crippen LogP contribution >= 0.6 is 11.8 Å². The van der Waals surface area contributed by atoms with Crippen molar-refractivity contribution in [3.63, 3.8) is 0 Å². The number of rotatable bonds is 6. The largest absolute Gasteiger partial charge is 0.431 e. The van der Waals surface area contributed by atoms with Crippen LogP contribution < -0.4 is 10.6 Å². The van der Waals surface area contributed by atoms with Crippen LogP contribution in [0.15, 0.2) is 58.2 Å². The summed E-state index contributed by atoms with van der Waals surface area (Å²) in [6, 6.07) is 15.0. The number of nitrogens with one attached hydrogen (secondary N) is 2. The second kappa shape index (κ2) is 9.87. The van der Waals surface area contributed by atoms with Crippen molar-refractivity contribution < 1.29 is 14.0 Å². The molecule has 1 unspecified atom stereocenters. The average molecular weight is 439 g/mol. The Morgan fingerprint density at radius 3 is 2.81 bits per heavy atom. The van der Waals surface area contributed by atoms with Crippen LogP contribution in [0.4, 0.5) is 10.5 Å². The summed E-state index contributed by atoms with van der Waals surface area (Å²) in [5.41, 5.74) is 3.43. The fraction of sp³-hybridized carbons (Fsp3) is 0.348. The topological polar surface area (TPSA) is 87.5 Å². The van der Waals surface area contributed by atoms with Gasteiger partial charge < -0.3 is 20.0 Å². The highest BCUT2D eigenvalue weighted by atomic mass is 32.2. The van der Waals surface area contributed by atoms with E-state index in [1.54, 1.807) is 0 Å². The number of benzene rings is 2. The molecule has 7 nitrogen and oxygen atoms in total. The predicted octanol–water partition coefficient (Wildman–Crippen LogP) is 4.29. The first kappa shape index (κ1) is 21.2. The maximum Gasteiger partial charge on any atom is 0.319 e. The molecule has 1 aliphatic rings. The van der Waals surface area contributed by atoms with E-state index in [2.05, 4.69) is 15.6 Å². The average Bonchev–Trinajstić information content (AvgIpc) is 3.21. The zero-order valence-electron chi connectivity index (χ0n) is 17.5. The number of hydrogen-bond acceptors (Lipinski definition) is 5. The Balaban J connectivity index is 1.22. The van der Waals surface area contributed by atoms with Crippen LogP contribution in [-0.4, -0.2) is 47.2 Å². The van der Waals surface area contributed by atoms with Crippen LogP contribution in [0.1, 0.15) is 18.4 Å². The fourth-order valence-electron chi connectivity index (χ4n) is 3.63. The lowest BCUT2D eigenvalue weighted by Gasteiger charge is -2.32. The first-order chi connectivity index (χ1) is 15.1. The van der Waals surface area contributed by atoms with E-state index in [-0.39, 0.29) is 17.9 Å².